The fourth-order valence-electron chi connectivity index (χ4n) is 0.0160. The monoisotopic (exact) mass is 98.0 g/mol. The molecule has 2 nitrogen and oxygen atoms in total. The minimum atomic E-state index is -1.87. The first-order valence-electron chi connectivity index (χ1n) is 1.02. The third kappa shape index (κ3) is 1.57. The van der Waals surface area contributed by atoms with Crippen LogP contribution in [0.1, 0.15) is 0 Å². The SMILES string of the molecule is FN=C(F)NF. The van der Waals surface area contributed by atoms with Gasteiger partial charge in [-0.2, -0.15) is 9.93 Å². The van der Waals surface area contributed by atoms with Gasteiger partial charge in [-0.3, -0.25) is 0 Å². The van der Waals surface area contributed by atoms with Crippen molar-refractivity contribution in [1.29, 1.82) is 0 Å². The lowest BCUT2D eigenvalue weighted by molar-refractivity contribution is 0.386. The zero-order valence-electron chi connectivity index (χ0n) is 2.58. The van der Waals surface area contributed by atoms with E-state index in [0.29, 0.717) is 5.54 Å². The summed E-state index contributed by atoms with van der Waals surface area (Å²) in [5, 5.41) is 1.27. The van der Waals surface area contributed by atoms with Gasteiger partial charge in [-0.25, -0.2) is 0 Å². The zero-order chi connectivity index (χ0) is 4.99. The van der Waals surface area contributed by atoms with E-state index < -0.39 is 6.09 Å². The normalized spacial score (nSPS) is 11.5. The molecular weight excluding hydrogens is 97.0 g/mol. The van der Waals surface area contributed by atoms with Crippen LogP contribution in [-0.4, -0.2) is 6.09 Å². The molecule has 0 aliphatic carbocycles. The highest BCUT2D eigenvalue weighted by Crippen LogP contribution is 1.73. The molecule has 0 spiro atoms. The number of nitrogens with zero attached hydrogens (tertiary/aromatic N) is 1. The summed E-state index contributed by atoms with van der Waals surface area (Å²) in [7, 11) is 0. The lowest BCUT2D eigenvalue weighted by Crippen LogP contribution is -2.04. The Balaban J connectivity index is 3.22. The van der Waals surface area contributed by atoms with Gasteiger partial charge in [0.2, 0.25) is 0 Å². The molecule has 0 saturated heterocycles. The van der Waals surface area contributed by atoms with E-state index in [-0.39, 0.29) is 0 Å². The molecule has 0 aromatic carbocycles. The molecule has 0 unspecified atom stereocenters. The van der Waals surface area contributed by atoms with E-state index in [2.05, 4.69) is 0 Å². The highest BCUT2D eigenvalue weighted by Gasteiger charge is 1.86. The topological polar surface area (TPSA) is 24.4 Å². The van der Waals surface area contributed by atoms with Gasteiger partial charge >= 0.3 is 6.09 Å². The lowest BCUT2D eigenvalue weighted by atomic mass is 11.3. The molecule has 0 saturated carbocycles. The van der Waals surface area contributed by atoms with Crippen molar-refractivity contribution in [2.75, 3.05) is 0 Å². The zero-order valence-corrected chi connectivity index (χ0v) is 2.58. The third-order valence-electron chi connectivity index (χ3n) is 0.152. The van der Waals surface area contributed by atoms with Crippen LogP contribution in [0, 0.1) is 0 Å². The van der Waals surface area contributed by atoms with E-state index in [0.717, 1.165) is 0 Å². The average Bonchev–Trinajstić information content (AvgIpc) is 1.65. The van der Waals surface area contributed by atoms with Crippen LogP contribution < -0.4 is 5.54 Å². The molecule has 0 fully saturated rings. The van der Waals surface area contributed by atoms with Gasteiger partial charge in [-0.05, 0) is 5.21 Å². The highest BCUT2D eigenvalue weighted by molar-refractivity contribution is 5.69. The van der Waals surface area contributed by atoms with Crippen molar-refractivity contribution in [2.45, 2.75) is 0 Å². The summed E-state index contributed by atoms with van der Waals surface area (Å²) in [5.41, 5.74) is 0.323. The number of halogens is 3. The van der Waals surface area contributed by atoms with E-state index >= 15 is 0 Å². The Morgan fingerprint density at radius 2 is 2.17 bits per heavy atom. The van der Waals surface area contributed by atoms with E-state index in [1.165, 1.54) is 5.21 Å². The maximum atomic E-state index is 10.8. The van der Waals surface area contributed by atoms with Crippen molar-refractivity contribution in [3.8, 4) is 0 Å². The molecule has 5 heteroatoms. The van der Waals surface area contributed by atoms with Crippen LogP contribution in [0.2, 0.25) is 0 Å². The smallest absolute Gasteiger partial charge is 0.179 e. The van der Waals surface area contributed by atoms with Gasteiger partial charge in [0.1, 0.15) is 0 Å². The van der Waals surface area contributed by atoms with Crippen LogP contribution >= 0.6 is 0 Å². The molecule has 0 aromatic heterocycles. The van der Waals surface area contributed by atoms with Crippen LogP contribution in [0.4, 0.5) is 13.4 Å². The first kappa shape index (κ1) is 5.26. The van der Waals surface area contributed by atoms with Crippen molar-refractivity contribution >= 4 is 6.09 Å². The summed E-state index contributed by atoms with van der Waals surface area (Å²) in [4.78, 5) is 0. The highest BCUT2D eigenvalue weighted by atomic mass is 19.2. The molecule has 0 aliphatic heterocycles. The van der Waals surface area contributed by atoms with Crippen molar-refractivity contribution in [1.82, 2.24) is 5.54 Å². The van der Waals surface area contributed by atoms with Gasteiger partial charge in [0, 0.05) is 0 Å². The van der Waals surface area contributed by atoms with Crippen molar-refractivity contribution in [2.24, 2.45) is 5.21 Å². The summed E-state index contributed by atoms with van der Waals surface area (Å²) < 4.78 is 31.4. The number of nitrogens with one attached hydrogen (secondary N) is 1. The fraction of sp³-hybridized carbons (Fsp3) is 0. The maximum absolute atomic E-state index is 10.8. The molecule has 0 rings (SSSR count). The summed E-state index contributed by atoms with van der Waals surface area (Å²) in [6, 6.07) is 0. The van der Waals surface area contributed by atoms with Gasteiger partial charge in [0.25, 0.3) is 0 Å². The minimum Gasteiger partial charge on any atom is -0.179 e. The predicted molar refractivity (Wildman–Crippen MR) is 13.9 cm³/mol. The van der Waals surface area contributed by atoms with Gasteiger partial charge in [-0.1, -0.05) is 8.96 Å². The summed E-state index contributed by atoms with van der Waals surface area (Å²) in [6.07, 6.45) is -1.87. The molecule has 0 radical (unpaired) electrons. The molecule has 36 valence electrons. The van der Waals surface area contributed by atoms with Crippen LogP contribution in [0.3, 0.4) is 0 Å². The molecule has 1 N–H and O–H groups in total. The average molecular weight is 98.0 g/mol. The Morgan fingerprint density at radius 3 is 2.17 bits per heavy atom. The van der Waals surface area contributed by atoms with Crippen molar-refractivity contribution in [3.63, 3.8) is 0 Å². The van der Waals surface area contributed by atoms with Crippen LogP contribution in [0.25, 0.3) is 0 Å². The number of rotatable bonds is 0. The van der Waals surface area contributed by atoms with Crippen molar-refractivity contribution in [3.05, 3.63) is 0 Å². The molecule has 0 aromatic rings. The molecule has 6 heavy (non-hydrogen) atoms. The Bertz CT molecular complexity index is 59.8. The Kier molecular flexibility index (Phi) is 2.19. The summed E-state index contributed by atoms with van der Waals surface area (Å²) in [6.45, 7) is 0. The first-order valence-corrected chi connectivity index (χ1v) is 1.02. The Morgan fingerprint density at radius 1 is 1.67 bits per heavy atom. The van der Waals surface area contributed by atoms with E-state index in [4.69, 9.17) is 0 Å². The Labute approximate surface area is 31.6 Å². The first-order chi connectivity index (χ1) is 2.81. The van der Waals surface area contributed by atoms with Crippen molar-refractivity contribution < 1.29 is 13.4 Å². The van der Waals surface area contributed by atoms with Gasteiger partial charge in [0.05, 0.1) is 0 Å². The number of amidine groups is 1. The van der Waals surface area contributed by atoms with Crippen LogP contribution in [0.15, 0.2) is 5.21 Å². The number of hydrogen-bond donors (Lipinski definition) is 1. The second kappa shape index (κ2) is 2.49. The number of hydrogen-bond acceptors (Lipinski definition) is 1. The van der Waals surface area contributed by atoms with Gasteiger partial charge < -0.3 is 0 Å². The molecule has 0 heterocycles. The van der Waals surface area contributed by atoms with Gasteiger partial charge in [-0.15, -0.1) is 0 Å². The van der Waals surface area contributed by atoms with E-state index in [1.54, 1.807) is 0 Å². The van der Waals surface area contributed by atoms with Crippen LogP contribution in [0.5, 0.6) is 0 Å². The molecule has 0 bridgehead atoms. The second-order valence-electron chi connectivity index (χ2n) is 0.470. The molecule has 0 atom stereocenters. The van der Waals surface area contributed by atoms with E-state index in [9.17, 15) is 13.4 Å². The van der Waals surface area contributed by atoms with Crippen LogP contribution in [-0.2, 0) is 0 Å². The summed E-state index contributed by atoms with van der Waals surface area (Å²) >= 11 is 0. The molecule has 0 aliphatic rings. The van der Waals surface area contributed by atoms with E-state index in [1.807, 2.05) is 0 Å². The lowest BCUT2D eigenvalue weighted by Gasteiger charge is -1.76. The largest absolute Gasteiger partial charge is 0.338 e. The second-order valence-corrected chi connectivity index (χ2v) is 0.470. The third-order valence-corrected chi connectivity index (χ3v) is 0.152. The predicted octanol–water partition coefficient (Wildman–Crippen LogP) is 0.671. The minimum absolute atomic E-state index is 0.323. The fourth-order valence-corrected chi connectivity index (χ4v) is 0.0160. The molecular formula is CHF3N2. The standard InChI is InChI=1S/CHF3N2/c2-1(5-3)6-4/h(H,5,6). The summed E-state index contributed by atoms with van der Waals surface area (Å²) in [5.74, 6) is 0. The maximum Gasteiger partial charge on any atom is 0.338 e. The quantitative estimate of drug-likeness (QED) is 0.205. The molecule has 0 amide bonds. The van der Waals surface area contributed by atoms with Gasteiger partial charge in [0.15, 0.2) is 0 Å². The Hall–Kier alpha value is -0.740.